The van der Waals surface area contributed by atoms with Crippen molar-refractivity contribution in [3.05, 3.63) is 195 Å². The molecule has 0 aliphatic carbocycles. The number of rotatable bonds is 8. The molecule has 7 heteroatoms. The average molecular weight is 943 g/mol. The van der Waals surface area contributed by atoms with Gasteiger partial charge < -0.3 is 18.8 Å². The normalized spacial score (nSPS) is 12.6. The van der Waals surface area contributed by atoms with E-state index in [-0.39, 0.29) is 21.1 Å². The van der Waals surface area contributed by atoms with Gasteiger partial charge in [-0.2, -0.15) is 18.2 Å². The Bertz CT molecular complexity index is 3050. The molecule has 11 rings (SSSR count). The fourth-order valence-electron chi connectivity index (χ4n) is 8.51. The number of hydrogen-bond acceptors (Lipinski definition) is 3. The molecule has 0 saturated carbocycles. The zero-order chi connectivity index (χ0) is 38.4. The minimum Gasteiger partial charge on any atom is -0.510 e. The minimum atomic E-state index is 0. The summed E-state index contributed by atoms with van der Waals surface area (Å²) in [5.74, 6) is 2.05. The number of anilines is 1. The maximum absolute atomic E-state index is 6.61. The summed E-state index contributed by atoms with van der Waals surface area (Å²) in [7, 11) is 0. The van der Waals surface area contributed by atoms with Gasteiger partial charge in [0.25, 0.3) is 6.33 Å². The molecule has 0 bridgehead atoms. The average Bonchev–Trinajstić information content (AvgIpc) is 4.04. The van der Waals surface area contributed by atoms with Crippen LogP contribution in [0.15, 0.2) is 176 Å². The van der Waals surface area contributed by atoms with Crippen LogP contribution < -0.4 is 14.2 Å². The molecular weight excluding hydrogens is 906 g/mol. The summed E-state index contributed by atoms with van der Waals surface area (Å²) >= 11 is 0. The molecule has 0 atom stereocenters. The Morgan fingerprint density at radius 3 is 2.00 bits per heavy atom. The molecule has 1 saturated heterocycles. The zero-order valence-electron chi connectivity index (χ0n) is 32.0. The smallest absolute Gasteiger partial charge is 0.268 e. The standard InChI is InChI=1S/C52H37N5O.Pt/c1-3-15-37(16-4-1)43-22-14-23-44(38-17-5-2-6-18-38)52(43)56-36-55(48-25-9-10-26-49(48)56)40-19-13-20-41(33-40)58-42-27-28-46-45-21-7-8-24-47(45)57(50(46)35-42)51-34-39(29-30-53-51)54-31-11-12-32-54;/h1-10,13-30,34H,11-12,31-32H2;/q-2;. The molecule has 1 aliphatic heterocycles. The Balaban J connectivity index is 0.00000420. The van der Waals surface area contributed by atoms with Crippen LogP contribution in [0, 0.1) is 18.5 Å². The van der Waals surface area contributed by atoms with Crippen LogP contribution in [0.25, 0.3) is 72.3 Å². The third-order valence-corrected chi connectivity index (χ3v) is 11.2. The van der Waals surface area contributed by atoms with E-state index in [1.165, 1.54) is 18.5 Å². The van der Waals surface area contributed by atoms with Crippen LogP contribution in [-0.2, 0) is 21.1 Å². The molecule has 0 spiro atoms. The van der Waals surface area contributed by atoms with Crippen LogP contribution in [0.3, 0.4) is 0 Å². The third-order valence-electron chi connectivity index (χ3n) is 11.2. The molecular formula is C52H37N5OPt-2. The predicted octanol–water partition coefficient (Wildman–Crippen LogP) is 11.5. The number of hydrogen-bond donors (Lipinski definition) is 0. The molecule has 59 heavy (non-hydrogen) atoms. The number of benzene rings is 7. The van der Waals surface area contributed by atoms with E-state index in [0.717, 1.165) is 85.4 Å². The van der Waals surface area contributed by atoms with Crippen molar-refractivity contribution in [2.75, 3.05) is 18.0 Å². The van der Waals surface area contributed by atoms with Gasteiger partial charge in [0.1, 0.15) is 5.82 Å². The van der Waals surface area contributed by atoms with E-state index in [1.807, 2.05) is 30.5 Å². The Hall–Kier alpha value is -6.75. The molecule has 6 nitrogen and oxygen atoms in total. The van der Waals surface area contributed by atoms with Crippen LogP contribution in [0.2, 0.25) is 0 Å². The summed E-state index contributed by atoms with van der Waals surface area (Å²) < 4.78 is 13.1. The van der Waals surface area contributed by atoms with Gasteiger partial charge in [-0.3, -0.25) is 4.57 Å². The number of ether oxygens (including phenoxy) is 1. The van der Waals surface area contributed by atoms with Crippen LogP contribution >= 0.6 is 0 Å². The molecule has 3 aromatic heterocycles. The first-order valence-corrected chi connectivity index (χ1v) is 19.8. The third kappa shape index (κ3) is 6.60. The summed E-state index contributed by atoms with van der Waals surface area (Å²) in [5, 5.41) is 2.24. The fraction of sp³-hybridized carbons (Fsp3) is 0.0769. The SMILES string of the molecule is [Pt].[c-]1c(Oc2[c-]c3c(cc2)c2ccccc2n3-c2cc(N3CCCC3)ccn2)cccc1-n1[c-][n+](-c2c(-c3ccccc3)cccc2-c2ccccc2)c2ccccc21. The molecule has 1 fully saturated rings. The molecule has 4 heterocycles. The van der Waals surface area contributed by atoms with Crippen molar-refractivity contribution in [2.24, 2.45) is 0 Å². The first kappa shape index (κ1) is 36.6. The van der Waals surface area contributed by atoms with Crippen molar-refractivity contribution in [1.29, 1.82) is 0 Å². The Labute approximate surface area is 357 Å². The van der Waals surface area contributed by atoms with Crippen molar-refractivity contribution in [3.63, 3.8) is 0 Å². The van der Waals surface area contributed by atoms with Crippen LogP contribution in [0.1, 0.15) is 12.8 Å². The molecule has 10 aromatic rings. The van der Waals surface area contributed by atoms with Crippen molar-refractivity contribution >= 4 is 38.5 Å². The Morgan fingerprint density at radius 2 is 1.24 bits per heavy atom. The largest absolute Gasteiger partial charge is 0.510 e. The summed E-state index contributed by atoms with van der Waals surface area (Å²) in [5.41, 5.74) is 11.6. The number of para-hydroxylation sites is 4. The second-order valence-corrected chi connectivity index (χ2v) is 14.7. The van der Waals surface area contributed by atoms with E-state index in [4.69, 9.17) is 9.72 Å². The Morgan fingerprint density at radius 1 is 0.576 bits per heavy atom. The second-order valence-electron chi connectivity index (χ2n) is 14.7. The first-order chi connectivity index (χ1) is 28.8. The van der Waals surface area contributed by atoms with Crippen LogP contribution in [0.4, 0.5) is 5.69 Å². The summed E-state index contributed by atoms with van der Waals surface area (Å²) in [6.45, 7) is 2.14. The number of nitrogens with zero attached hydrogens (tertiary/aromatic N) is 5. The zero-order valence-corrected chi connectivity index (χ0v) is 34.3. The molecule has 288 valence electrons. The van der Waals surface area contributed by atoms with Crippen molar-refractivity contribution in [2.45, 2.75) is 12.8 Å². The number of fused-ring (bicyclic) bond motifs is 4. The van der Waals surface area contributed by atoms with E-state index < -0.39 is 0 Å². The van der Waals surface area contributed by atoms with E-state index >= 15 is 0 Å². The van der Waals surface area contributed by atoms with Gasteiger partial charge in [0.15, 0.2) is 0 Å². The molecule has 1 aliphatic rings. The van der Waals surface area contributed by atoms with Gasteiger partial charge in [0, 0.05) is 69.1 Å². The first-order valence-electron chi connectivity index (χ1n) is 19.8. The van der Waals surface area contributed by atoms with Crippen LogP contribution in [0.5, 0.6) is 11.5 Å². The monoisotopic (exact) mass is 942 g/mol. The predicted molar refractivity (Wildman–Crippen MR) is 232 cm³/mol. The summed E-state index contributed by atoms with van der Waals surface area (Å²) in [6.07, 6.45) is 8.10. The van der Waals surface area contributed by atoms with E-state index in [1.54, 1.807) is 0 Å². The van der Waals surface area contributed by atoms with Gasteiger partial charge in [-0.1, -0.05) is 127 Å². The van der Waals surface area contributed by atoms with Gasteiger partial charge in [0.2, 0.25) is 0 Å². The van der Waals surface area contributed by atoms with Crippen molar-refractivity contribution in [3.8, 4) is 50.9 Å². The summed E-state index contributed by atoms with van der Waals surface area (Å²) in [6, 6.07) is 66.2. The Kier molecular flexibility index (Phi) is 9.64. The van der Waals surface area contributed by atoms with Crippen LogP contribution in [-0.4, -0.2) is 27.2 Å². The molecule has 0 radical (unpaired) electrons. The van der Waals surface area contributed by atoms with Gasteiger partial charge in [-0.15, -0.1) is 29.7 Å². The van der Waals surface area contributed by atoms with Crippen molar-refractivity contribution < 1.29 is 30.4 Å². The second kappa shape index (κ2) is 15.5. The molecule has 7 aromatic carbocycles. The van der Waals surface area contributed by atoms with Gasteiger partial charge in [-0.05, 0) is 58.3 Å². The number of imidazole rings is 1. The molecule has 0 unspecified atom stereocenters. The van der Waals surface area contributed by atoms with Crippen molar-refractivity contribution in [1.82, 2.24) is 14.1 Å². The van der Waals surface area contributed by atoms with E-state index in [9.17, 15) is 0 Å². The van der Waals surface area contributed by atoms with Gasteiger partial charge in [-0.25, -0.2) is 4.98 Å². The maximum Gasteiger partial charge on any atom is 0.268 e. The molecule has 0 amide bonds. The minimum absolute atomic E-state index is 0. The fourth-order valence-corrected chi connectivity index (χ4v) is 8.51. The van der Waals surface area contributed by atoms with Gasteiger partial charge >= 0.3 is 0 Å². The summed E-state index contributed by atoms with van der Waals surface area (Å²) in [4.78, 5) is 7.31. The molecule has 0 N–H and O–H groups in total. The van der Waals surface area contributed by atoms with E-state index in [0.29, 0.717) is 11.5 Å². The van der Waals surface area contributed by atoms with Gasteiger partial charge in [0.05, 0.1) is 16.7 Å². The van der Waals surface area contributed by atoms with E-state index in [2.05, 4.69) is 183 Å². The number of pyridine rings is 1. The topological polar surface area (TPSA) is 39.1 Å². The number of aromatic nitrogens is 4. The maximum atomic E-state index is 6.61. The quantitative estimate of drug-likeness (QED) is 0.113.